The van der Waals surface area contributed by atoms with Crippen molar-refractivity contribution in [2.45, 2.75) is 37.1 Å². The number of hydrogen-bond acceptors (Lipinski definition) is 5. The van der Waals surface area contributed by atoms with Gasteiger partial charge in [-0.1, -0.05) is 48.9 Å². The summed E-state index contributed by atoms with van der Waals surface area (Å²) < 4.78 is 33.3. The Labute approximate surface area is 204 Å². The number of ether oxygens (including phenoxy) is 1. The number of carbonyl (C=O) groups excluding carboxylic acids is 1. The summed E-state index contributed by atoms with van der Waals surface area (Å²) in [5.74, 6) is 0.203. The summed E-state index contributed by atoms with van der Waals surface area (Å²) in [6.07, 6.45) is 3.43. The van der Waals surface area contributed by atoms with Crippen molar-refractivity contribution >= 4 is 44.5 Å². The lowest BCUT2D eigenvalue weighted by Crippen LogP contribution is -2.44. The van der Waals surface area contributed by atoms with Crippen LogP contribution in [0.4, 0.5) is 0 Å². The molecule has 0 saturated carbocycles. The van der Waals surface area contributed by atoms with Gasteiger partial charge in [-0.15, -0.1) is 0 Å². The van der Waals surface area contributed by atoms with Gasteiger partial charge in [-0.3, -0.25) is 4.79 Å². The average molecular weight is 500 g/mol. The van der Waals surface area contributed by atoms with Gasteiger partial charge in [0.1, 0.15) is 11.8 Å². The zero-order valence-corrected chi connectivity index (χ0v) is 20.3. The van der Waals surface area contributed by atoms with Gasteiger partial charge >= 0.3 is 0 Å². The SMILES string of the molecule is CCCOc1ccc2ccccc2c1/C=N\NC(=O)[C@@H]1CCCN1S(=O)(=O)c1ccc(Cl)cc1. The second kappa shape index (κ2) is 10.5. The van der Waals surface area contributed by atoms with Crippen LogP contribution in [0.25, 0.3) is 10.8 Å². The summed E-state index contributed by atoms with van der Waals surface area (Å²) in [5, 5.41) is 6.58. The molecular formula is C25H26ClN3O4S. The number of benzene rings is 3. The van der Waals surface area contributed by atoms with E-state index < -0.39 is 22.0 Å². The topological polar surface area (TPSA) is 88.1 Å². The van der Waals surface area contributed by atoms with Gasteiger partial charge in [-0.05, 0) is 60.4 Å². The van der Waals surface area contributed by atoms with Gasteiger partial charge < -0.3 is 4.74 Å². The minimum atomic E-state index is -3.83. The second-order valence-electron chi connectivity index (χ2n) is 8.01. The van der Waals surface area contributed by atoms with E-state index in [1.807, 2.05) is 43.3 Å². The van der Waals surface area contributed by atoms with Crippen LogP contribution in [0.15, 0.2) is 70.7 Å². The summed E-state index contributed by atoms with van der Waals surface area (Å²) >= 11 is 5.89. The molecule has 1 N–H and O–H groups in total. The van der Waals surface area contributed by atoms with Crippen molar-refractivity contribution in [1.29, 1.82) is 0 Å². The van der Waals surface area contributed by atoms with E-state index in [9.17, 15) is 13.2 Å². The molecule has 178 valence electrons. The van der Waals surface area contributed by atoms with Crippen molar-refractivity contribution < 1.29 is 17.9 Å². The largest absolute Gasteiger partial charge is 0.493 e. The molecular weight excluding hydrogens is 474 g/mol. The van der Waals surface area contributed by atoms with Gasteiger partial charge in [0.2, 0.25) is 10.0 Å². The van der Waals surface area contributed by atoms with E-state index >= 15 is 0 Å². The molecule has 1 fully saturated rings. The standard InChI is InChI=1S/C25H26ClN3O4S/c1-2-16-33-24-14-9-18-6-3-4-7-21(18)22(24)17-27-28-25(30)23-8-5-15-29(23)34(31,32)20-12-10-19(26)11-13-20/h3-4,6-7,9-14,17,23H,2,5,8,15-16H2,1H3,(H,28,30)/b27-17-/t23-/m0/s1. The highest BCUT2D eigenvalue weighted by molar-refractivity contribution is 7.89. The monoisotopic (exact) mass is 499 g/mol. The van der Waals surface area contributed by atoms with Gasteiger partial charge in [0.25, 0.3) is 5.91 Å². The molecule has 1 aliphatic rings. The highest BCUT2D eigenvalue weighted by atomic mass is 35.5. The summed E-state index contributed by atoms with van der Waals surface area (Å²) in [6.45, 7) is 2.86. The molecule has 3 aromatic rings. The van der Waals surface area contributed by atoms with E-state index in [2.05, 4.69) is 10.5 Å². The van der Waals surface area contributed by atoms with Crippen LogP contribution in [0.1, 0.15) is 31.7 Å². The summed E-state index contributed by atoms with van der Waals surface area (Å²) in [5.41, 5.74) is 3.29. The maximum absolute atomic E-state index is 13.1. The average Bonchev–Trinajstić information content (AvgIpc) is 3.35. The molecule has 1 aliphatic heterocycles. The molecule has 1 saturated heterocycles. The molecule has 1 heterocycles. The van der Waals surface area contributed by atoms with Crippen LogP contribution in [0.5, 0.6) is 5.75 Å². The van der Waals surface area contributed by atoms with Crippen molar-refractivity contribution in [2.75, 3.05) is 13.2 Å². The van der Waals surface area contributed by atoms with Crippen molar-refractivity contribution in [1.82, 2.24) is 9.73 Å². The predicted octanol–water partition coefficient (Wildman–Crippen LogP) is 4.59. The van der Waals surface area contributed by atoms with Crippen LogP contribution < -0.4 is 10.2 Å². The third-order valence-corrected chi connectivity index (χ3v) is 7.86. The Morgan fingerprint density at radius 1 is 1.18 bits per heavy atom. The van der Waals surface area contributed by atoms with Crippen molar-refractivity contribution in [3.63, 3.8) is 0 Å². The maximum Gasteiger partial charge on any atom is 0.258 e. The van der Waals surface area contributed by atoms with Crippen LogP contribution in [0.2, 0.25) is 5.02 Å². The molecule has 0 bridgehead atoms. The molecule has 0 aromatic heterocycles. The van der Waals surface area contributed by atoms with Gasteiger partial charge in [-0.2, -0.15) is 9.41 Å². The first-order valence-electron chi connectivity index (χ1n) is 11.2. The van der Waals surface area contributed by atoms with Crippen molar-refractivity contribution in [2.24, 2.45) is 5.10 Å². The number of halogens is 1. The summed E-state index contributed by atoms with van der Waals surface area (Å²) in [7, 11) is -3.83. The number of carbonyl (C=O) groups is 1. The number of nitrogens with zero attached hydrogens (tertiary/aromatic N) is 2. The minimum absolute atomic E-state index is 0.105. The molecule has 1 atom stereocenters. The number of hydrogen-bond donors (Lipinski definition) is 1. The first-order valence-corrected chi connectivity index (χ1v) is 13.0. The zero-order chi connectivity index (χ0) is 24.1. The van der Waals surface area contributed by atoms with Crippen LogP contribution in [0.3, 0.4) is 0 Å². The summed E-state index contributed by atoms with van der Waals surface area (Å²) in [6, 6.07) is 16.8. The Morgan fingerprint density at radius 2 is 1.94 bits per heavy atom. The first-order chi connectivity index (χ1) is 16.4. The molecule has 1 amide bonds. The van der Waals surface area contributed by atoms with Crippen molar-refractivity contribution in [3.05, 3.63) is 71.2 Å². The summed E-state index contributed by atoms with van der Waals surface area (Å²) in [4.78, 5) is 13.0. The maximum atomic E-state index is 13.1. The number of fused-ring (bicyclic) bond motifs is 1. The van der Waals surface area contributed by atoms with Gasteiger partial charge in [0.05, 0.1) is 17.7 Å². The number of hydrazone groups is 1. The number of amides is 1. The fourth-order valence-corrected chi connectivity index (χ4v) is 5.80. The molecule has 4 rings (SSSR count). The molecule has 0 unspecified atom stereocenters. The Morgan fingerprint density at radius 3 is 2.71 bits per heavy atom. The fraction of sp³-hybridized carbons (Fsp3) is 0.280. The molecule has 34 heavy (non-hydrogen) atoms. The molecule has 3 aromatic carbocycles. The van der Waals surface area contributed by atoms with E-state index in [-0.39, 0.29) is 11.4 Å². The predicted molar refractivity (Wildman–Crippen MR) is 134 cm³/mol. The van der Waals surface area contributed by atoms with E-state index in [4.69, 9.17) is 16.3 Å². The van der Waals surface area contributed by atoms with Crippen LogP contribution in [-0.2, 0) is 14.8 Å². The molecule has 0 aliphatic carbocycles. The Kier molecular flexibility index (Phi) is 7.50. The third-order valence-electron chi connectivity index (χ3n) is 5.69. The number of sulfonamides is 1. The quantitative estimate of drug-likeness (QED) is 0.363. The Hall–Kier alpha value is -2.94. The molecule has 7 nitrogen and oxygen atoms in total. The minimum Gasteiger partial charge on any atom is -0.493 e. The van der Waals surface area contributed by atoms with Gasteiger partial charge in [0, 0.05) is 17.1 Å². The lowest BCUT2D eigenvalue weighted by molar-refractivity contribution is -0.124. The highest BCUT2D eigenvalue weighted by Gasteiger charge is 2.39. The van der Waals surface area contributed by atoms with Crippen molar-refractivity contribution in [3.8, 4) is 5.75 Å². The number of rotatable bonds is 8. The van der Waals surface area contributed by atoms with Gasteiger partial charge in [0.15, 0.2) is 0 Å². The van der Waals surface area contributed by atoms with Gasteiger partial charge in [-0.25, -0.2) is 13.8 Å². The second-order valence-corrected chi connectivity index (χ2v) is 10.3. The highest BCUT2D eigenvalue weighted by Crippen LogP contribution is 2.28. The van der Waals surface area contributed by atoms with Crippen LogP contribution >= 0.6 is 11.6 Å². The molecule has 9 heteroatoms. The van der Waals surface area contributed by atoms with Crippen LogP contribution in [-0.4, -0.2) is 44.0 Å². The molecule has 0 spiro atoms. The zero-order valence-electron chi connectivity index (χ0n) is 18.8. The Balaban J connectivity index is 1.54. The lowest BCUT2D eigenvalue weighted by Gasteiger charge is -2.22. The van der Waals surface area contributed by atoms with E-state index in [0.29, 0.717) is 30.2 Å². The first kappa shape index (κ1) is 24.2. The van der Waals surface area contributed by atoms with E-state index in [0.717, 1.165) is 22.8 Å². The number of nitrogens with one attached hydrogen (secondary N) is 1. The van der Waals surface area contributed by atoms with Crippen LogP contribution in [0, 0.1) is 0 Å². The molecule has 0 radical (unpaired) electrons. The Bertz CT molecular complexity index is 1310. The fourth-order valence-electron chi connectivity index (χ4n) is 4.01. The smallest absolute Gasteiger partial charge is 0.258 e. The normalized spacial score (nSPS) is 16.8. The van der Waals surface area contributed by atoms with E-state index in [1.165, 1.54) is 28.6 Å². The third kappa shape index (κ3) is 5.09. The van der Waals surface area contributed by atoms with E-state index in [1.54, 1.807) is 6.21 Å². The lowest BCUT2D eigenvalue weighted by atomic mass is 10.0.